The molecule has 1 N–H and O–H groups in total. The average Bonchev–Trinajstić information content (AvgIpc) is 2.59. The van der Waals surface area contributed by atoms with Crippen LogP contribution in [0.5, 0.6) is 17.2 Å². The molecule has 0 radical (unpaired) electrons. The summed E-state index contributed by atoms with van der Waals surface area (Å²) in [5, 5.41) is 2.87. The first-order valence-corrected chi connectivity index (χ1v) is 7.71. The van der Waals surface area contributed by atoms with E-state index in [1.165, 1.54) is 14.2 Å². The Bertz CT molecular complexity index is 686. The molecule has 5 nitrogen and oxygen atoms in total. The fraction of sp³-hybridized carbons (Fsp3) is 0.235. The summed E-state index contributed by atoms with van der Waals surface area (Å²) < 4.78 is 16.3. The van der Waals surface area contributed by atoms with Gasteiger partial charge in [-0.25, -0.2) is 0 Å². The van der Waals surface area contributed by atoms with Gasteiger partial charge in [0.1, 0.15) is 5.75 Å². The summed E-state index contributed by atoms with van der Waals surface area (Å²) in [5.74, 6) is 1.43. The number of hydrogen-bond acceptors (Lipinski definition) is 4. The smallest absolute Gasteiger partial charge is 0.256 e. The highest BCUT2D eigenvalue weighted by molar-refractivity contribution is 9.10. The molecule has 0 aliphatic carbocycles. The van der Waals surface area contributed by atoms with Gasteiger partial charge in [0.2, 0.25) is 0 Å². The molecule has 0 spiro atoms. The fourth-order valence-electron chi connectivity index (χ4n) is 2.13. The first kappa shape index (κ1) is 17.1. The van der Waals surface area contributed by atoms with Gasteiger partial charge in [-0.15, -0.1) is 0 Å². The van der Waals surface area contributed by atoms with Crippen molar-refractivity contribution in [2.24, 2.45) is 0 Å². The topological polar surface area (TPSA) is 56.8 Å². The van der Waals surface area contributed by atoms with E-state index < -0.39 is 0 Å². The Balaban J connectivity index is 2.17. The number of methoxy groups -OCH3 is 3. The molecule has 0 fully saturated rings. The number of carbonyl (C=O) groups excluding carboxylic acids is 1. The summed E-state index contributed by atoms with van der Waals surface area (Å²) in [4.78, 5) is 12.5. The lowest BCUT2D eigenvalue weighted by Crippen LogP contribution is -2.24. The Morgan fingerprint density at radius 3 is 2.26 bits per heavy atom. The number of ether oxygens (including phenoxy) is 3. The van der Waals surface area contributed by atoms with Crippen molar-refractivity contribution in [1.29, 1.82) is 0 Å². The van der Waals surface area contributed by atoms with Crippen molar-refractivity contribution < 1.29 is 19.0 Å². The number of amides is 1. The molecule has 6 heteroatoms. The van der Waals surface area contributed by atoms with E-state index in [1.807, 2.05) is 24.3 Å². The van der Waals surface area contributed by atoms with E-state index >= 15 is 0 Å². The molecule has 23 heavy (non-hydrogen) atoms. The van der Waals surface area contributed by atoms with Crippen LogP contribution in [0.3, 0.4) is 0 Å². The van der Waals surface area contributed by atoms with Crippen molar-refractivity contribution >= 4 is 21.8 Å². The van der Waals surface area contributed by atoms with E-state index in [0.29, 0.717) is 28.1 Å². The number of halogens is 1. The van der Waals surface area contributed by atoms with Gasteiger partial charge in [-0.05, 0) is 45.8 Å². The molecule has 0 aliphatic rings. The van der Waals surface area contributed by atoms with Crippen LogP contribution in [0.15, 0.2) is 40.9 Å². The number of carbonyl (C=O) groups is 1. The predicted octanol–water partition coefficient (Wildman–Crippen LogP) is 3.40. The van der Waals surface area contributed by atoms with Gasteiger partial charge in [-0.3, -0.25) is 4.79 Å². The molecule has 0 saturated carbocycles. The third kappa shape index (κ3) is 3.96. The van der Waals surface area contributed by atoms with Crippen LogP contribution in [0.25, 0.3) is 0 Å². The highest BCUT2D eigenvalue weighted by Crippen LogP contribution is 2.35. The molecule has 0 atom stereocenters. The van der Waals surface area contributed by atoms with E-state index in [4.69, 9.17) is 14.2 Å². The second-order valence-corrected chi connectivity index (χ2v) is 5.54. The first-order valence-electron chi connectivity index (χ1n) is 6.92. The summed E-state index contributed by atoms with van der Waals surface area (Å²) in [6.07, 6.45) is 0. The quantitative estimate of drug-likeness (QED) is 0.835. The molecule has 2 aromatic rings. The zero-order valence-electron chi connectivity index (χ0n) is 13.2. The number of nitrogens with one attached hydrogen (secondary N) is 1. The van der Waals surface area contributed by atoms with E-state index in [9.17, 15) is 4.79 Å². The second kappa shape index (κ2) is 7.87. The lowest BCUT2D eigenvalue weighted by Gasteiger charge is -2.14. The fourth-order valence-corrected chi connectivity index (χ4v) is 2.62. The van der Waals surface area contributed by atoms with Gasteiger partial charge < -0.3 is 19.5 Å². The second-order valence-electron chi connectivity index (χ2n) is 4.69. The minimum atomic E-state index is -0.247. The van der Waals surface area contributed by atoms with E-state index in [0.717, 1.165) is 11.3 Å². The molecule has 0 aliphatic heterocycles. The van der Waals surface area contributed by atoms with Crippen LogP contribution < -0.4 is 19.5 Å². The van der Waals surface area contributed by atoms with Crippen LogP contribution in [0.1, 0.15) is 15.9 Å². The summed E-state index contributed by atoms with van der Waals surface area (Å²) in [6, 6.07) is 11.0. The Kier molecular flexibility index (Phi) is 5.87. The summed E-state index contributed by atoms with van der Waals surface area (Å²) in [6.45, 7) is 0.398. The van der Waals surface area contributed by atoms with Crippen LogP contribution in [0, 0.1) is 0 Å². The number of benzene rings is 2. The molecule has 0 heterocycles. The van der Waals surface area contributed by atoms with Crippen molar-refractivity contribution in [2.45, 2.75) is 6.54 Å². The zero-order chi connectivity index (χ0) is 16.8. The normalized spacial score (nSPS) is 10.1. The van der Waals surface area contributed by atoms with E-state index in [2.05, 4.69) is 21.2 Å². The van der Waals surface area contributed by atoms with Crippen molar-refractivity contribution in [3.63, 3.8) is 0 Å². The predicted molar refractivity (Wildman–Crippen MR) is 91.4 cm³/mol. The van der Waals surface area contributed by atoms with Crippen molar-refractivity contribution in [3.8, 4) is 17.2 Å². The van der Waals surface area contributed by atoms with Crippen LogP contribution in [0.2, 0.25) is 0 Å². The third-order valence-corrected chi connectivity index (χ3v) is 3.99. The van der Waals surface area contributed by atoms with Gasteiger partial charge in [-0.2, -0.15) is 0 Å². The molecule has 2 aromatic carbocycles. The molecule has 1 amide bonds. The Morgan fingerprint density at radius 2 is 1.70 bits per heavy atom. The number of rotatable bonds is 6. The zero-order valence-corrected chi connectivity index (χ0v) is 14.8. The van der Waals surface area contributed by atoms with Crippen molar-refractivity contribution in [2.75, 3.05) is 21.3 Å². The minimum Gasteiger partial charge on any atom is -0.497 e. The maximum atomic E-state index is 12.5. The molecule has 0 aromatic heterocycles. The molecular weight excluding hydrogens is 362 g/mol. The maximum absolute atomic E-state index is 12.5. The molecule has 122 valence electrons. The molecule has 2 rings (SSSR count). The van der Waals surface area contributed by atoms with Crippen LogP contribution >= 0.6 is 15.9 Å². The van der Waals surface area contributed by atoms with E-state index in [-0.39, 0.29) is 5.91 Å². The molecule has 0 bridgehead atoms. The number of hydrogen-bond donors (Lipinski definition) is 1. The minimum absolute atomic E-state index is 0.247. The Labute approximate surface area is 143 Å². The van der Waals surface area contributed by atoms with Crippen molar-refractivity contribution in [1.82, 2.24) is 5.32 Å². The third-order valence-electron chi connectivity index (χ3n) is 3.33. The largest absolute Gasteiger partial charge is 0.497 e. The maximum Gasteiger partial charge on any atom is 0.256 e. The summed E-state index contributed by atoms with van der Waals surface area (Å²) in [5.41, 5.74) is 1.37. The first-order chi connectivity index (χ1) is 11.1. The highest BCUT2D eigenvalue weighted by Gasteiger charge is 2.20. The van der Waals surface area contributed by atoms with E-state index in [1.54, 1.807) is 19.2 Å². The SMILES string of the molecule is COc1ccc(CNC(=O)c2c(Br)ccc(OC)c2OC)cc1. The van der Waals surface area contributed by atoms with Crippen LogP contribution in [0.4, 0.5) is 0 Å². The monoisotopic (exact) mass is 379 g/mol. The lowest BCUT2D eigenvalue weighted by atomic mass is 10.1. The Hall–Kier alpha value is -2.21. The lowest BCUT2D eigenvalue weighted by molar-refractivity contribution is 0.0946. The van der Waals surface area contributed by atoms with Gasteiger partial charge in [0.25, 0.3) is 5.91 Å². The van der Waals surface area contributed by atoms with Gasteiger partial charge in [0.15, 0.2) is 11.5 Å². The molecule has 0 unspecified atom stereocenters. The average molecular weight is 380 g/mol. The van der Waals surface area contributed by atoms with Crippen LogP contribution in [-0.4, -0.2) is 27.2 Å². The Morgan fingerprint density at radius 1 is 1.00 bits per heavy atom. The summed E-state index contributed by atoms with van der Waals surface area (Å²) >= 11 is 3.38. The van der Waals surface area contributed by atoms with Crippen LogP contribution in [-0.2, 0) is 6.54 Å². The van der Waals surface area contributed by atoms with Gasteiger partial charge in [0, 0.05) is 11.0 Å². The van der Waals surface area contributed by atoms with Gasteiger partial charge in [0.05, 0.1) is 26.9 Å². The van der Waals surface area contributed by atoms with Gasteiger partial charge in [-0.1, -0.05) is 12.1 Å². The molecular formula is C17H18BrNO4. The summed E-state index contributed by atoms with van der Waals surface area (Å²) in [7, 11) is 4.65. The highest BCUT2D eigenvalue weighted by atomic mass is 79.9. The van der Waals surface area contributed by atoms with Crippen molar-refractivity contribution in [3.05, 3.63) is 52.0 Å². The standard InChI is InChI=1S/C17H18BrNO4/c1-21-12-6-4-11(5-7-12)10-19-17(20)15-13(18)8-9-14(22-2)16(15)23-3/h4-9H,10H2,1-3H3,(H,19,20). The molecule has 0 saturated heterocycles. The van der Waals surface area contributed by atoms with Gasteiger partial charge >= 0.3 is 0 Å².